The summed E-state index contributed by atoms with van der Waals surface area (Å²) in [4.78, 5) is 13.0. The van der Waals surface area contributed by atoms with E-state index in [0.717, 1.165) is 16.5 Å². The fraction of sp³-hybridized carbons (Fsp3) is 0.0833. The van der Waals surface area contributed by atoms with Crippen LogP contribution in [0.2, 0.25) is 5.02 Å². The number of nitriles is 1. The monoisotopic (exact) mass is 384 g/mol. The zero-order chi connectivity index (χ0) is 19.5. The number of carbonyl (C=O) groups excluding carboxylic acids is 1. The molecule has 1 heterocycles. The van der Waals surface area contributed by atoms with Crippen molar-refractivity contribution in [1.29, 1.82) is 5.26 Å². The lowest BCUT2D eigenvalue weighted by molar-refractivity contribution is 0.0970. The maximum Gasteiger partial charge on any atom is 0.165 e. The van der Waals surface area contributed by atoms with Gasteiger partial charge in [0.05, 0.1) is 11.6 Å². The third-order valence-electron chi connectivity index (χ3n) is 4.93. The van der Waals surface area contributed by atoms with Gasteiger partial charge in [0, 0.05) is 34.1 Å². The normalized spacial score (nSPS) is 11.9. The summed E-state index contributed by atoms with van der Waals surface area (Å²) in [7, 11) is 0. The Morgan fingerprint density at radius 2 is 1.64 bits per heavy atom. The zero-order valence-electron chi connectivity index (χ0n) is 15.0. The number of nitrogens with zero attached hydrogens (tertiary/aromatic N) is 2. The molecule has 1 aromatic heterocycles. The molecule has 3 aromatic carbocycles. The first-order valence-electron chi connectivity index (χ1n) is 9.01. The SMILES string of the molecule is N#Cc1cn(C(CC(=O)c2ccc(Cl)cc2)c2ccccc2)c2ccccc12. The predicted molar refractivity (Wildman–Crippen MR) is 112 cm³/mol. The molecule has 0 N–H and O–H groups in total. The van der Waals surface area contributed by atoms with E-state index >= 15 is 0 Å². The van der Waals surface area contributed by atoms with Gasteiger partial charge in [0.25, 0.3) is 0 Å². The molecule has 1 unspecified atom stereocenters. The maximum atomic E-state index is 13.0. The number of para-hydroxylation sites is 1. The van der Waals surface area contributed by atoms with Crippen LogP contribution in [0.5, 0.6) is 0 Å². The lowest BCUT2D eigenvalue weighted by atomic mass is 9.97. The van der Waals surface area contributed by atoms with Crippen molar-refractivity contribution in [3.63, 3.8) is 0 Å². The lowest BCUT2D eigenvalue weighted by Gasteiger charge is -2.20. The molecule has 0 bridgehead atoms. The maximum absolute atomic E-state index is 13.0. The fourth-order valence-corrected chi connectivity index (χ4v) is 3.66. The van der Waals surface area contributed by atoms with Crippen LogP contribution >= 0.6 is 11.6 Å². The Morgan fingerprint density at radius 1 is 0.964 bits per heavy atom. The number of ketones is 1. The van der Waals surface area contributed by atoms with Crippen molar-refractivity contribution >= 4 is 28.3 Å². The summed E-state index contributed by atoms with van der Waals surface area (Å²) in [5, 5.41) is 11.0. The van der Waals surface area contributed by atoms with Crippen molar-refractivity contribution in [2.45, 2.75) is 12.5 Å². The van der Waals surface area contributed by atoms with Gasteiger partial charge in [0.1, 0.15) is 6.07 Å². The predicted octanol–water partition coefficient (Wildman–Crippen LogP) is 6.03. The summed E-state index contributed by atoms with van der Waals surface area (Å²) in [6, 6.07) is 26.7. The average Bonchev–Trinajstić information content (AvgIpc) is 3.11. The van der Waals surface area contributed by atoms with Gasteiger partial charge in [-0.1, -0.05) is 60.1 Å². The van der Waals surface area contributed by atoms with Gasteiger partial charge in [-0.25, -0.2) is 0 Å². The lowest BCUT2D eigenvalue weighted by Crippen LogP contribution is -2.15. The van der Waals surface area contributed by atoms with E-state index in [1.54, 1.807) is 24.3 Å². The fourth-order valence-electron chi connectivity index (χ4n) is 3.53. The molecule has 0 radical (unpaired) electrons. The van der Waals surface area contributed by atoms with Crippen molar-refractivity contribution in [2.24, 2.45) is 0 Å². The molecule has 0 amide bonds. The van der Waals surface area contributed by atoms with Gasteiger partial charge in [0.2, 0.25) is 0 Å². The Hall–Kier alpha value is -3.35. The highest BCUT2D eigenvalue weighted by Crippen LogP contribution is 2.31. The first-order valence-corrected chi connectivity index (χ1v) is 9.38. The summed E-state index contributed by atoms with van der Waals surface area (Å²) in [6.07, 6.45) is 2.13. The van der Waals surface area contributed by atoms with Crippen molar-refractivity contribution in [1.82, 2.24) is 4.57 Å². The highest BCUT2D eigenvalue weighted by atomic mass is 35.5. The van der Waals surface area contributed by atoms with Gasteiger partial charge in [-0.2, -0.15) is 5.26 Å². The molecule has 28 heavy (non-hydrogen) atoms. The standard InChI is InChI=1S/C24H17ClN2O/c25-20-12-10-18(11-13-20)24(28)14-23(17-6-2-1-3-7-17)27-16-19(15-26)21-8-4-5-9-22(21)27/h1-13,16,23H,14H2. The molecule has 4 aromatic rings. The highest BCUT2D eigenvalue weighted by molar-refractivity contribution is 6.30. The van der Waals surface area contributed by atoms with E-state index in [1.165, 1.54) is 0 Å². The van der Waals surface area contributed by atoms with Gasteiger partial charge in [0.15, 0.2) is 5.78 Å². The number of fused-ring (bicyclic) bond motifs is 1. The van der Waals surface area contributed by atoms with Gasteiger partial charge in [-0.05, 0) is 35.9 Å². The second-order valence-electron chi connectivity index (χ2n) is 6.64. The first kappa shape index (κ1) is 18.0. The molecule has 0 fully saturated rings. The molecule has 1 atom stereocenters. The molecular weight excluding hydrogens is 368 g/mol. The van der Waals surface area contributed by atoms with Crippen LogP contribution in [0.3, 0.4) is 0 Å². The number of aromatic nitrogens is 1. The van der Waals surface area contributed by atoms with E-state index in [-0.39, 0.29) is 18.2 Å². The summed E-state index contributed by atoms with van der Waals surface area (Å²) < 4.78 is 2.04. The average molecular weight is 385 g/mol. The number of hydrogen-bond acceptors (Lipinski definition) is 2. The third-order valence-corrected chi connectivity index (χ3v) is 5.18. The van der Waals surface area contributed by atoms with Gasteiger partial charge in [-0.15, -0.1) is 0 Å². The molecule has 0 saturated carbocycles. The molecule has 0 saturated heterocycles. The third kappa shape index (κ3) is 3.43. The molecule has 0 aliphatic heterocycles. The van der Waals surface area contributed by atoms with Crippen LogP contribution in [0.15, 0.2) is 85.1 Å². The smallest absolute Gasteiger partial charge is 0.165 e. The molecule has 0 spiro atoms. The number of Topliss-reactive ketones (excluding diaryl/α,β-unsaturated/α-hetero) is 1. The Bertz CT molecular complexity index is 1170. The zero-order valence-corrected chi connectivity index (χ0v) is 15.8. The van der Waals surface area contributed by atoms with E-state index in [1.807, 2.05) is 65.4 Å². The van der Waals surface area contributed by atoms with Crippen LogP contribution in [0.1, 0.15) is 33.9 Å². The second kappa shape index (κ2) is 7.72. The molecule has 0 aliphatic carbocycles. The summed E-state index contributed by atoms with van der Waals surface area (Å²) in [5.74, 6) is 0.0295. The highest BCUT2D eigenvalue weighted by Gasteiger charge is 2.22. The van der Waals surface area contributed by atoms with Crippen LogP contribution in [-0.4, -0.2) is 10.4 Å². The van der Waals surface area contributed by atoms with Crippen LogP contribution in [0.4, 0.5) is 0 Å². The van der Waals surface area contributed by atoms with Crippen LogP contribution < -0.4 is 0 Å². The first-order chi connectivity index (χ1) is 13.7. The van der Waals surface area contributed by atoms with Crippen LogP contribution in [0.25, 0.3) is 10.9 Å². The van der Waals surface area contributed by atoms with E-state index < -0.39 is 0 Å². The quantitative estimate of drug-likeness (QED) is 0.394. The molecule has 3 nitrogen and oxygen atoms in total. The largest absolute Gasteiger partial charge is 0.338 e. The summed E-state index contributed by atoms with van der Waals surface area (Å²) in [5.41, 5.74) is 3.20. The number of halogens is 1. The Morgan fingerprint density at radius 3 is 2.36 bits per heavy atom. The van der Waals surface area contributed by atoms with E-state index in [2.05, 4.69) is 6.07 Å². The summed E-state index contributed by atoms with van der Waals surface area (Å²) in [6.45, 7) is 0. The van der Waals surface area contributed by atoms with E-state index in [4.69, 9.17) is 11.6 Å². The van der Waals surface area contributed by atoms with Crippen molar-refractivity contribution in [3.8, 4) is 6.07 Å². The Labute approximate surface area is 168 Å². The van der Waals surface area contributed by atoms with Crippen LogP contribution in [0, 0.1) is 11.3 Å². The minimum atomic E-state index is -0.212. The van der Waals surface area contributed by atoms with E-state index in [0.29, 0.717) is 16.1 Å². The number of benzene rings is 3. The van der Waals surface area contributed by atoms with Gasteiger partial charge >= 0.3 is 0 Å². The minimum Gasteiger partial charge on any atom is -0.338 e. The topological polar surface area (TPSA) is 45.8 Å². The minimum absolute atomic E-state index is 0.0295. The molecule has 0 aliphatic rings. The molecular formula is C24H17ClN2O. The van der Waals surface area contributed by atoms with Crippen molar-refractivity contribution in [3.05, 3.63) is 107 Å². The van der Waals surface area contributed by atoms with Crippen molar-refractivity contribution in [2.75, 3.05) is 0 Å². The Kier molecular flexibility index (Phi) is 4.97. The van der Waals surface area contributed by atoms with Crippen LogP contribution in [-0.2, 0) is 0 Å². The molecule has 136 valence electrons. The summed E-state index contributed by atoms with van der Waals surface area (Å²) >= 11 is 5.95. The number of carbonyl (C=O) groups is 1. The van der Waals surface area contributed by atoms with Crippen molar-refractivity contribution < 1.29 is 4.79 Å². The number of hydrogen-bond donors (Lipinski definition) is 0. The number of rotatable bonds is 5. The van der Waals surface area contributed by atoms with Gasteiger partial charge in [-0.3, -0.25) is 4.79 Å². The second-order valence-corrected chi connectivity index (χ2v) is 7.08. The van der Waals surface area contributed by atoms with Gasteiger partial charge < -0.3 is 4.57 Å². The molecule has 4 rings (SSSR count). The van der Waals surface area contributed by atoms with E-state index in [9.17, 15) is 10.1 Å². The Balaban J connectivity index is 1.81. The molecule has 4 heteroatoms.